The number of carboxylic acids is 1. The van der Waals surface area contributed by atoms with Gasteiger partial charge in [0.1, 0.15) is 11.6 Å². The van der Waals surface area contributed by atoms with Gasteiger partial charge in [-0.2, -0.15) is 0 Å². The van der Waals surface area contributed by atoms with E-state index in [0.29, 0.717) is 11.1 Å². The van der Waals surface area contributed by atoms with Crippen molar-refractivity contribution in [1.29, 1.82) is 0 Å². The van der Waals surface area contributed by atoms with Crippen molar-refractivity contribution >= 4 is 5.97 Å². The van der Waals surface area contributed by atoms with Gasteiger partial charge in [-0.25, -0.2) is 8.78 Å². The van der Waals surface area contributed by atoms with E-state index in [-0.39, 0.29) is 12.0 Å². The van der Waals surface area contributed by atoms with Crippen LogP contribution in [0.4, 0.5) is 8.78 Å². The van der Waals surface area contributed by atoms with Crippen molar-refractivity contribution in [2.45, 2.75) is 6.42 Å². The number of hydrogen-bond donors (Lipinski definition) is 1. The summed E-state index contributed by atoms with van der Waals surface area (Å²) in [6.07, 6.45) is -0.236. The maximum absolute atomic E-state index is 13.8. The molecule has 0 bridgehead atoms. The van der Waals surface area contributed by atoms with Gasteiger partial charge in [-0.05, 0) is 29.3 Å². The number of carbonyl (C=O) groups is 1. The Bertz CT molecular complexity index is 594. The highest BCUT2D eigenvalue weighted by atomic mass is 19.1. The minimum Gasteiger partial charge on any atom is -0.481 e. The molecule has 4 heteroatoms. The Labute approximate surface area is 103 Å². The fraction of sp³-hybridized carbons (Fsp3) is 0.0714. The zero-order valence-electron chi connectivity index (χ0n) is 9.36. The first-order valence-corrected chi connectivity index (χ1v) is 5.32. The summed E-state index contributed by atoms with van der Waals surface area (Å²) in [5.41, 5.74) is 1.05. The van der Waals surface area contributed by atoms with E-state index in [0.717, 1.165) is 6.07 Å². The van der Waals surface area contributed by atoms with E-state index >= 15 is 0 Å². The molecule has 0 aliphatic heterocycles. The summed E-state index contributed by atoms with van der Waals surface area (Å²) in [6, 6.07) is 9.75. The molecule has 1 N–H and O–H groups in total. The van der Waals surface area contributed by atoms with E-state index in [1.165, 1.54) is 30.3 Å². The topological polar surface area (TPSA) is 37.3 Å². The largest absolute Gasteiger partial charge is 0.481 e. The maximum atomic E-state index is 13.8. The standard InChI is InChI=1S/C14H10F2O2/c15-11-3-1-2-10(8-11)12-5-4-9(6-13(12)16)7-14(17)18/h1-6,8H,7H2,(H,17,18). The predicted octanol–water partition coefficient (Wildman–Crippen LogP) is 3.26. The molecule has 0 spiro atoms. The van der Waals surface area contributed by atoms with Crippen molar-refractivity contribution in [3.8, 4) is 11.1 Å². The molecule has 2 aromatic rings. The van der Waals surface area contributed by atoms with E-state index < -0.39 is 17.6 Å². The highest BCUT2D eigenvalue weighted by molar-refractivity contribution is 5.71. The van der Waals surface area contributed by atoms with Gasteiger partial charge in [-0.3, -0.25) is 4.79 Å². The van der Waals surface area contributed by atoms with Gasteiger partial charge in [0.15, 0.2) is 0 Å². The molecule has 0 aromatic heterocycles. The molecule has 0 saturated heterocycles. The molecular formula is C14H10F2O2. The summed E-state index contributed by atoms with van der Waals surface area (Å²) in [7, 11) is 0. The molecular weight excluding hydrogens is 238 g/mol. The van der Waals surface area contributed by atoms with E-state index in [2.05, 4.69) is 0 Å². The van der Waals surface area contributed by atoms with Crippen LogP contribution in [0.1, 0.15) is 5.56 Å². The second kappa shape index (κ2) is 4.96. The summed E-state index contributed by atoms with van der Waals surface area (Å²) in [5, 5.41) is 8.61. The maximum Gasteiger partial charge on any atom is 0.307 e. The van der Waals surface area contributed by atoms with Crippen LogP contribution in [-0.4, -0.2) is 11.1 Å². The normalized spacial score (nSPS) is 10.3. The zero-order chi connectivity index (χ0) is 13.1. The lowest BCUT2D eigenvalue weighted by molar-refractivity contribution is -0.136. The van der Waals surface area contributed by atoms with Gasteiger partial charge in [0, 0.05) is 5.56 Å². The number of halogens is 2. The molecule has 18 heavy (non-hydrogen) atoms. The molecule has 0 aliphatic carbocycles. The molecule has 0 heterocycles. The number of hydrogen-bond acceptors (Lipinski definition) is 1. The fourth-order valence-corrected chi connectivity index (χ4v) is 1.73. The van der Waals surface area contributed by atoms with Gasteiger partial charge in [0.05, 0.1) is 6.42 Å². The third kappa shape index (κ3) is 2.71. The van der Waals surface area contributed by atoms with E-state index in [4.69, 9.17) is 5.11 Å². The zero-order valence-corrected chi connectivity index (χ0v) is 9.36. The first kappa shape index (κ1) is 12.2. The van der Waals surface area contributed by atoms with Crippen LogP contribution in [0, 0.1) is 11.6 Å². The van der Waals surface area contributed by atoms with Crippen molar-refractivity contribution in [3.05, 3.63) is 59.7 Å². The van der Waals surface area contributed by atoms with Crippen LogP contribution in [-0.2, 0) is 11.2 Å². The highest BCUT2D eigenvalue weighted by Crippen LogP contribution is 2.24. The molecule has 2 rings (SSSR count). The van der Waals surface area contributed by atoms with Crippen molar-refractivity contribution in [2.75, 3.05) is 0 Å². The Kier molecular flexibility index (Phi) is 3.37. The summed E-state index contributed by atoms with van der Waals surface area (Å²) < 4.78 is 26.8. The van der Waals surface area contributed by atoms with E-state index in [9.17, 15) is 13.6 Å². The molecule has 2 nitrogen and oxygen atoms in total. The first-order valence-electron chi connectivity index (χ1n) is 5.32. The predicted molar refractivity (Wildman–Crippen MR) is 63.1 cm³/mol. The fourth-order valence-electron chi connectivity index (χ4n) is 1.73. The molecule has 0 amide bonds. The highest BCUT2D eigenvalue weighted by Gasteiger charge is 2.08. The van der Waals surface area contributed by atoms with Crippen LogP contribution >= 0.6 is 0 Å². The van der Waals surface area contributed by atoms with Gasteiger partial charge in [-0.15, -0.1) is 0 Å². The Morgan fingerprint density at radius 3 is 2.50 bits per heavy atom. The summed E-state index contributed by atoms with van der Waals surface area (Å²) >= 11 is 0. The minimum atomic E-state index is -1.02. The molecule has 2 aromatic carbocycles. The minimum absolute atomic E-state index is 0.236. The monoisotopic (exact) mass is 248 g/mol. The molecule has 0 fully saturated rings. The lowest BCUT2D eigenvalue weighted by atomic mass is 10.0. The quantitative estimate of drug-likeness (QED) is 0.905. The molecule has 0 saturated carbocycles. The van der Waals surface area contributed by atoms with Crippen LogP contribution in [0.5, 0.6) is 0 Å². The van der Waals surface area contributed by atoms with Crippen LogP contribution in [0.15, 0.2) is 42.5 Å². The van der Waals surface area contributed by atoms with Gasteiger partial charge in [0.2, 0.25) is 0 Å². The van der Waals surface area contributed by atoms with E-state index in [1.807, 2.05) is 0 Å². The average molecular weight is 248 g/mol. The molecule has 0 unspecified atom stereocenters. The average Bonchev–Trinajstić information content (AvgIpc) is 2.28. The van der Waals surface area contributed by atoms with E-state index in [1.54, 1.807) is 6.07 Å². The second-order valence-electron chi connectivity index (χ2n) is 3.90. The van der Waals surface area contributed by atoms with Gasteiger partial charge < -0.3 is 5.11 Å². The second-order valence-corrected chi connectivity index (χ2v) is 3.90. The third-order valence-corrected chi connectivity index (χ3v) is 2.52. The third-order valence-electron chi connectivity index (χ3n) is 2.52. The Morgan fingerprint density at radius 1 is 1.11 bits per heavy atom. The first-order chi connectivity index (χ1) is 8.56. The van der Waals surface area contributed by atoms with Gasteiger partial charge >= 0.3 is 5.97 Å². The molecule has 0 aliphatic rings. The summed E-state index contributed by atoms with van der Waals surface area (Å²) in [5.74, 6) is -2.02. The Balaban J connectivity index is 2.38. The van der Waals surface area contributed by atoms with Gasteiger partial charge in [0.25, 0.3) is 0 Å². The smallest absolute Gasteiger partial charge is 0.307 e. The number of aliphatic carboxylic acids is 1. The van der Waals surface area contributed by atoms with Crippen molar-refractivity contribution in [2.24, 2.45) is 0 Å². The summed E-state index contributed by atoms with van der Waals surface area (Å²) in [6.45, 7) is 0. The van der Waals surface area contributed by atoms with Crippen LogP contribution < -0.4 is 0 Å². The van der Waals surface area contributed by atoms with Crippen LogP contribution in [0.2, 0.25) is 0 Å². The van der Waals surface area contributed by atoms with Crippen molar-refractivity contribution in [3.63, 3.8) is 0 Å². The van der Waals surface area contributed by atoms with Gasteiger partial charge in [-0.1, -0.05) is 24.3 Å². The molecule has 92 valence electrons. The molecule has 0 atom stereocenters. The Morgan fingerprint density at radius 2 is 1.89 bits per heavy atom. The van der Waals surface area contributed by atoms with Crippen molar-refractivity contribution < 1.29 is 18.7 Å². The van der Waals surface area contributed by atoms with Crippen LogP contribution in [0.25, 0.3) is 11.1 Å². The number of carboxylic acid groups (broad SMARTS) is 1. The molecule has 0 radical (unpaired) electrons. The number of benzene rings is 2. The number of rotatable bonds is 3. The lowest BCUT2D eigenvalue weighted by Gasteiger charge is -2.05. The lowest BCUT2D eigenvalue weighted by Crippen LogP contribution is -2.00. The van der Waals surface area contributed by atoms with Crippen LogP contribution in [0.3, 0.4) is 0 Å². The Hall–Kier alpha value is -2.23. The van der Waals surface area contributed by atoms with Crippen molar-refractivity contribution in [1.82, 2.24) is 0 Å². The summed E-state index contributed by atoms with van der Waals surface area (Å²) in [4.78, 5) is 10.5. The SMILES string of the molecule is O=C(O)Cc1ccc(-c2cccc(F)c2)c(F)c1.